The minimum atomic E-state index is -0.948. The van der Waals surface area contributed by atoms with Gasteiger partial charge in [0.25, 0.3) is 5.91 Å². The third-order valence-corrected chi connectivity index (χ3v) is 7.03. The fraction of sp³-hybridized carbons (Fsp3) is 0.182. The molecule has 0 saturated heterocycles. The molecular weight excluding hydrogens is 474 g/mol. The van der Waals surface area contributed by atoms with E-state index < -0.39 is 17.9 Å². The number of benzene rings is 4. The van der Waals surface area contributed by atoms with Gasteiger partial charge in [0.05, 0.1) is 6.61 Å². The number of rotatable bonds is 9. The Morgan fingerprint density at radius 1 is 0.711 bits per heavy atom. The van der Waals surface area contributed by atoms with Crippen LogP contribution in [0, 0.1) is 5.92 Å². The SMILES string of the molecule is CCOC(=O)[C@@H](NC(=O)c1cccc(C(=O)C2[C@@H](c3ccccc3)[C@@H]2c2ccccc2)c1)c1ccccc1. The summed E-state index contributed by atoms with van der Waals surface area (Å²) in [6.07, 6.45) is 0. The van der Waals surface area contributed by atoms with Gasteiger partial charge in [-0.3, -0.25) is 9.59 Å². The second-order valence-electron chi connectivity index (χ2n) is 9.41. The molecule has 0 aliphatic heterocycles. The van der Waals surface area contributed by atoms with E-state index in [1.807, 2.05) is 42.5 Å². The zero-order chi connectivity index (χ0) is 26.5. The highest BCUT2D eigenvalue weighted by Gasteiger charge is 2.55. The fourth-order valence-electron chi connectivity index (χ4n) is 5.19. The number of carbonyl (C=O) groups excluding carboxylic acids is 3. The van der Waals surface area contributed by atoms with Crippen LogP contribution in [0.15, 0.2) is 115 Å². The monoisotopic (exact) mass is 503 g/mol. The highest BCUT2D eigenvalue weighted by atomic mass is 16.5. The molecule has 4 aromatic carbocycles. The van der Waals surface area contributed by atoms with Crippen LogP contribution in [0.5, 0.6) is 0 Å². The maximum absolute atomic E-state index is 13.8. The molecule has 1 N–H and O–H groups in total. The Hall–Kier alpha value is -4.51. The normalized spacial score (nSPS) is 18.7. The molecule has 1 fully saturated rings. The molecule has 0 aromatic heterocycles. The van der Waals surface area contributed by atoms with Gasteiger partial charge in [0.2, 0.25) is 0 Å². The molecule has 1 aliphatic carbocycles. The van der Waals surface area contributed by atoms with Crippen molar-refractivity contribution in [1.82, 2.24) is 5.32 Å². The van der Waals surface area contributed by atoms with Crippen molar-refractivity contribution in [3.63, 3.8) is 0 Å². The van der Waals surface area contributed by atoms with E-state index in [0.717, 1.165) is 11.1 Å². The number of hydrogen-bond donors (Lipinski definition) is 1. The van der Waals surface area contributed by atoms with Crippen LogP contribution in [0.3, 0.4) is 0 Å². The van der Waals surface area contributed by atoms with Gasteiger partial charge < -0.3 is 10.1 Å². The molecule has 5 heteroatoms. The molecule has 0 bridgehead atoms. The maximum atomic E-state index is 13.8. The smallest absolute Gasteiger partial charge is 0.333 e. The standard InChI is InChI=1S/C33H29NO4/c1-2-38-33(37)30(24-17-10-5-11-18-24)34-32(36)26-20-12-19-25(21-26)31(35)29-27(22-13-6-3-7-14-22)28(29)23-15-8-4-9-16-23/h3-21,27-30H,2H2,1H3,(H,34,36)/t27-,28-,30-/m0/s1. The van der Waals surface area contributed by atoms with Gasteiger partial charge in [0.1, 0.15) is 0 Å². The van der Waals surface area contributed by atoms with Gasteiger partial charge in [-0.15, -0.1) is 0 Å². The van der Waals surface area contributed by atoms with Gasteiger partial charge in [0.15, 0.2) is 11.8 Å². The molecule has 1 saturated carbocycles. The van der Waals surface area contributed by atoms with Crippen LogP contribution in [-0.2, 0) is 9.53 Å². The molecule has 0 unspecified atom stereocenters. The molecule has 1 amide bonds. The van der Waals surface area contributed by atoms with E-state index in [4.69, 9.17) is 4.74 Å². The lowest BCUT2D eigenvalue weighted by molar-refractivity contribution is -0.145. The molecule has 3 atom stereocenters. The van der Waals surface area contributed by atoms with E-state index in [0.29, 0.717) is 16.7 Å². The Balaban J connectivity index is 1.39. The lowest BCUT2D eigenvalue weighted by atomic mass is 10.00. The van der Waals surface area contributed by atoms with Crippen molar-refractivity contribution < 1.29 is 19.1 Å². The number of ketones is 1. The van der Waals surface area contributed by atoms with E-state index in [-0.39, 0.29) is 30.1 Å². The van der Waals surface area contributed by atoms with Gasteiger partial charge in [-0.2, -0.15) is 0 Å². The Bertz CT molecular complexity index is 1370. The van der Waals surface area contributed by atoms with E-state index in [9.17, 15) is 14.4 Å². The van der Waals surface area contributed by atoms with E-state index in [1.165, 1.54) is 0 Å². The van der Waals surface area contributed by atoms with Gasteiger partial charge in [0, 0.05) is 28.9 Å². The van der Waals surface area contributed by atoms with Crippen LogP contribution in [-0.4, -0.2) is 24.3 Å². The van der Waals surface area contributed by atoms with Gasteiger partial charge in [-0.25, -0.2) is 4.79 Å². The number of esters is 1. The maximum Gasteiger partial charge on any atom is 0.333 e. The van der Waals surface area contributed by atoms with Crippen LogP contribution >= 0.6 is 0 Å². The first kappa shape index (κ1) is 25.2. The van der Waals surface area contributed by atoms with E-state index in [1.54, 1.807) is 55.5 Å². The molecule has 0 heterocycles. The Morgan fingerprint density at radius 3 is 1.79 bits per heavy atom. The van der Waals surface area contributed by atoms with E-state index >= 15 is 0 Å². The fourth-order valence-corrected chi connectivity index (χ4v) is 5.19. The average Bonchev–Trinajstić information content (AvgIpc) is 3.73. The van der Waals surface area contributed by atoms with Crippen molar-refractivity contribution in [2.24, 2.45) is 5.92 Å². The van der Waals surface area contributed by atoms with Gasteiger partial charge in [-0.05, 0) is 35.7 Å². The summed E-state index contributed by atoms with van der Waals surface area (Å²) in [5.74, 6) is -1.03. The summed E-state index contributed by atoms with van der Waals surface area (Å²) >= 11 is 0. The third kappa shape index (κ3) is 5.28. The second-order valence-corrected chi connectivity index (χ2v) is 9.41. The zero-order valence-corrected chi connectivity index (χ0v) is 21.1. The Morgan fingerprint density at radius 2 is 1.24 bits per heavy atom. The zero-order valence-electron chi connectivity index (χ0n) is 21.1. The van der Waals surface area contributed by atoms with Crippen molar-refractivity contribution in [3.8, 4) is 0 Å². The summed E-state index contributed by atoms with van der Waals surface area (Å²) in [5, 5.41) is 2.79. The number of hydrogen-bond acceptors (Lipinski definition) is 4. The largest absolute Gasteiger partial charge is 0.464 e. The molecule has 0 radical (unpaired) electrons. The molecule has 0 spiro atoms. The average molecular weight is 504 g/mol. The Labute approximate surface area is 222 Å². The van der Waals surface area contributed by atoms with Crippen molar-refractivity contribution in [2.45, 2.75) is 24.8 Å². The van der Waals surface area contributed by atoms with Crippen LogP contribution in [0.1, 0.15) is 62.2 Å². The molecule has 4 aromatic rings. The predicted octanol–water partition coefficient (Wildman–Crippen LogP) is 6.10. The molecular formula is C33H29NO4. The predicted molar refractivity (Wildman–Crippen MR) is 146 cm³/mol. The van der Waals surface area contributed by atoms with Crippen molar-refractivity contribution in [3.05, 3.63) is 143 Å². The quantitative estimate of drug-likeness (QED) is 0.221. The number of Topliss-reactive ketones (excluding diaryl/α,β-unsaturated/α-hetero) is 1. The summed E-state index contributed by atoms with van der Waals surface area (Å²) < 4.78 is 5.20. The second kappa shape index (κ2) is 11.3. The van der Waals surface area contributed by atoms with Crippen molar-refractivity contribution >= 4 is 17.7 Å². The first-order valence-electron chi connectivity index (χ1n) is 12.8. The summed E-state index contributed by atoms with van der Waals surface area (Å²) in [6.45, 7) is 1.93. The van der Waals surface area contributed by atoms with Crippen molar-refractivity contribution in [1.29, 1.82) is 0 Å². The van der Waals surface area contributed by atoms with Crippen LogP contribution < -0.4 is 5.32 Å². The first-order valence-corrected chi connectivity index (χ1v) is 12.8. The summed E-state index contributed by atoms with van der Waals surface area (Å²) in [7, 11) is 0. The molecule has 190 valence electrons. The van der Waals surface area contributed by atoms with Crippen LogP contribution in [0.2, 0.25) is 0 Å². The molecule has 38 heavy (non-hydrogen) atoms. The van der Waals surface area contributed by atoms with Crippen LogP contribution in [0.25, 0.3) is 0 Å². The highest BCUT2D eigenvalue weighted by molar-refractivity contribution is 6.04. The summed E-state index contributed by atoms with van der Waals surface area (Å²) in [4.78, 5) is 39.7. The lowest BCUT2D eigenvalue weighted by Gasteiger charge is -2.18. The van der Waals surface area contributed by atoms with Crippen LogP contribution in [0.4, 0.5) is 0 Å². The molecule has 1 aliphatic rings. The Kier molecular flexibility index (Phi) is 7.45. The van der Waals surface area contributed by atoms with Gasteiger partial charge >= 0.3 is 5.97 Å². The van der Waals surface area contributed by atoms with E-state index in [2.05, 4.69) is 29.6 Å². The molecule has 5 rings (SSSR count). The third-order valence-electron chi connectivity index (χ3n) is 7.03. The first-order chi connectivity index (χ1) is 18.6. The van der Waals surface area contributed by atoms with Crippen molar-refractivity contribution in [2.75, 3.05) is 6.61 Å². The number of amides is 1. The summed E-state index contributed by atoms with van der Waals surface area (Å²) in [6, 6.07) is 34.9. The number of ether oxygens (including phenoxy) is 1. The van der Waals surface area contributed by atoms with Gasteiger partial charge in [-0.1, -0.05) is 103 Å². The minimum absolute atomic E-state index is 0.00681. The molecule has 5 nitrogen and oxygen atoms in total. The number of nitrogens with one attached hydrogen (secondary N) is 1. The minimum Gasteiger partial charge on any atom is -0.464 e. The number of carbonyl (C=O) groups is 3. The topological polar surface area (TPSA) is 72.5 Å². The lowest BCUT2D eigenvalue weighted by Crippen LogP contribution is -2.35. The summed E-state index contributed by atoms with van der Waals surface area (Å²) in [5.41, 5.74) is 3.69. The highest BCUT2D eigenvalue weighted by Crippen LogP contribution is 2.61.